The Kier molecular flexibility index (Phi) is 5.85. The minimum atomic E-state index is -0.741. The summed E-state index contributed by atoms with van der Waals surface area (Å²) in [5, 5.41) is 9.22. The summed E-state index contributed by atoms with van der Waals surface area (Å²) in [5.41, 5.74) is 0.901. The number of aromatic nitrogens is 2. The van der Waals surface area contributed by atoms with Crippen molar-refractivity contribution in [2.75, 3.05) is 0 Å². The molecule has 0 spiro atoms. The summed E-state index contributed by atoms with van der Waals surface area (Å²) >= 11 is 3.18. The van der Waals surface area contributed by atoms with Gasteiger partial charge in [0.1, 0.15) is 28.5 Å². The molecule has 28 heavy (non-hydrogen) atoms. The van der Waals surface area contributed by atoms with Gasteiger partial charge in [0.25, 0.3) is 5.56 Å². The van der Waals surface area contributed by atoms with Crippen LogP contribution in [0.2, 0.25) is 0 Å². The summed E-state index contributed by atoms with van der Waals surface area (Å²) in [6.07, 6.45) is 0. The number of ether oxygens (including phenoxy) is 1. The van der Waals surface area contributed by atoms with Crippen LogP contribution in [0.1, 0.15) is 22.5 Å². The number of rotatable bonds is 5. The standard InChI is InChI=1S/C20H14BrF2N3O2/c1-12-25-19(28-11-15-6-7-16(22)8-17(15)23)18(21)20(27)26(12)10-14-5-3-2-4-13(14)9-24/h2-8H,10-11H2,1H3. The molecule has 2 aromatic carbocycles. The van der Waals surface area contributed by atoms with Gasteiger partial charge in [-0.1, -0.05) is 18.2 Å². The van der Waals surface area contributed by atoms with Crippen LogP contribution < -0.4 is 10.3 Å². The van der Waals surface area contributed by atoms with Crippen molar-refractivity contribution in [1.29, 1.82) is 5.26 Å². The van der Waals surface area contributed by atoms with E-state index in [2.05, 4.69) is 27.0 Å². The lowest BCUT2D eigenvalue weighted by molar-refractivity contribution is 0.282. The molecule has 3 rings (SSSR count). The van der Waals surface area contributed by atoms with E-state index in [1.807, 2.05) is 0 Å². The molecule has 0 fully saturated rings. The summed E-state index contributed by atoms with van der Waals surface area (Å²) in [4.78, 5) is 17.0. The fraction of sp³-hybridized carbons (Fsp3) is 0.150. The quantitative estimate of drug-likeness (QED) is 0.592. The highest BCUT2D eigenvalue weighted by molar-refractivity contribution is 9.10. The highest BCUT2D eigenvalue weighted by Crippen LogP contribution is 2.21. The van der Waals surface area contributed by atoms with Crippen molar-refractivity contribution in [3.05, 3.63) is 91.4 Å². The van der Waals surface area contributed by atoms with Crippen molar-refractivity contribution < 1.29 is 13.5 Å². The second-order valence-corrected chi connectivity index (χ2v) is 6.76. The zero-order chi connectivity index (χ0) is 20.3. The highest BCUT2D eigenvalue weighted by Gasteiger charge is 2.16. The summed E-state index contributed by atoms with van der Waals surface area (Å²) in [6, 6.07) is 12.2. The molecule has 0 unspecified atom stereocenters. The first-order valence-corrected chi connectivity index (χ1v) is 9.01. The second kappa shape index (κ2) is 8.31. The number of nitriles is 1. The molecule has 5 nitrogen and oxygen atoms in total. The van der Waals surface area contributed by atoms with Crippen LogP contribution >= 0.6 is 15.9 Å². The van der Waals surface area contributed by atoms with Crippen molar-refractivity contribution in [1.82, 2.24) is 9.55 Å². The van der Waals surface area contributed by atoms with E-state index in [1.54, 1.807) is 31.2 Å². The smallest absolute Gasteiger partial charge is 0.272 e. The Morgan fingerprint density at radius 1 is 1.21 bits per heavy atom. The minimum absolute atomic E-state index is 0.0102. The Hall–Kier alpha value is -3.05. The van der Waals surface area contributed by atoms with Crippen molar-refractivity contribution >= 4 is 15.9 Å². The maximum absolute atomic E-state index is 13.7. The average molecular weight is 446 g/mol. The summed E-state index contributed by atoms with van der Waals surface area (Å²) in [6.45, 7) is 1.60. The molecule has 0 aliphatic heterocycles. The number of benzene rings is 2. The second-order valence-electron chi connectivity index (χ2n) is 5.96. The van der Waals surface area contributed by atoms with E-state index in [4.69, 9.17) is 4.74 Å². The van der Waals surface area contributed by atoms with Crippen LogP contribution in [0.5, 0.6) is 5.88 Å². The SMILES string of the molecule is Cc1nc(OCc2ccc(F)cc2F)c(Br)c(=O)n1Cc1ccccc1C#N. The normalized spacial score (nSPS) is 10.5. The molecule has 0 aliphatic rings. The van der Waals surface area contributed by atoms with Crippen LogP contribution in [0.3, 0.4) is 0 Å². The zero-order valence-electron chi connectivity index (χ0n) is 14.7. The number of nitrogens with zero attached hydrogens (tertiary/aromatic N) is 3. The molecule has 0 amide bonds. The van der Waals surface area contributed by atoms with Gasteiger partial charge in [-0.15, -0.1) is 0 Å². The molecular formula is C20H14BrF2N3O2. The molecule has 0 saturated carbocycles. The predicted molar refractivity (Wildman–Crippen MR) is 102 cm³/mol. The van der Waals surface area contributed by atoms with Crippen molar-refractivity contribution in [2.24, 2.45) is 0 Å². The van der Waals surface area contributed by atoms with Crippen LogP contribution in [0, 0.1) is 29.9 Å². The van der Waals surface area contributed by atoms with Gasteiger partial charge < -0.3 is 4.74 Å². The Bertz CT molecular complexity index is 1140. The first kappa shape index (κ1) is 19.7. The Morgan fingerprint density at radius 3 is 2.68 bits per heavy atom. The summed E-state index contributed by atoms with van der Waals surface area (Å²) in [7, 11) is 0. The maximum Gasteiger partial charge on any atom is 0.272 e. The van der Waals surface area contributed by atoms with Crippen molar-refractivity contribution in [3.8, 4) is 11.9 Å². The van der Waals surface area contributed by atoms with Gasteiger partial charge in [-0.25, -0.2) is 8.78 Å². The van der Waals surface area contributed by atoms with Gasteiger partial charge in [0.15, 0.2) is 0 Å². The van der Waals surface area contributed by atoms with Crippen LogP contribution in [0.15, 0.2) is 51.7 Å². The van der Waals surface area contributed by atoms with E-state index >= 15 is 0 Å². The average Bonchev–Trinajstić information content (AvgIpc) is 2.68. The molecule has 142 valence electrons. The molecule has 0 radical (unpaired) electrons. The molecule has 1 aromatic heterocycles. The van der Waals surface area contributed by atoms with Crippen molar-refractivity contribution in [3.63, 3.8) is 0 Å². The lowest BCUT2D eigenvalue weighted by Gasteiger charge is -2.14. The van der Waals surface area contributed by atoms with E-state index in [-0.39, 0.29) is 29.1 Å². The van der Waals surface area contributed by atoms with Gasteiger partial charge in [-0.05, 0) is 46.6 Å². The summed E-state index contributed by atoms with van der Waals surface area (Å²) in [5.74, 6) is -1.04. The number of hydrogen-bond donors (Lipinski definition) is 0. The van der Waals surface area contributed by atoms with Gasteiger partial charge in [-0.3, -0.25) is 9.36 Å². The molecule has 0 N–H and O–H groups in total. The third-order valence-corrected chi connectivity index (χ3v) is 4.80. The molecule has 0 bridgehead atoms. The first-order valence-electron chi connectivity index (χ1n) is 8.22. The Labute approximate surface area is 168 Å². The predicted octanol–water partition coefficient (Wildman–Crippen LogP) is 4.09. The van der Waals surface area contributed by atoms with E-state index in [9.17, 15) is 18.8 Å². The summed E-state index contributed by atoms with van der Waals surface area (Å²) < 4.78 is 33.7. The fourth-order valence-electron chi connectivity index (χ4n) is 2.62. The fourth-order valence-corrected chi connectivity index (χ4v) is 3.03. The minimum Gasteiger partial charge on any atom is -0.472 e. The molecule has 0 saturated heterocycles. The van der Waals surface area contributed by atoms with Gasteiger partial charge >= 0.3 is 0 Å². The van der Waals surface area contributed by atoms with Gasteiger partial charge in [-0.2, -0.15) is 10.2 Å². The molecule has 0 aliphatic carbocycles. The lowest BCUT2D eigenvalue weighted by Crippen LogP contribution is -2.26. The Balaban J connectivity index is 1.88. The van der Waals surface area contributed by atoms with E-state index < -0.39 is 17.2 Å². The largest absolute Gasteiger partial charge is 0.472 e. The lowest BCUT2D eigenvalue weighted by atomic mass is 10.1. The van der Waals surface area contributed by atoms with Crippen molar-refractivity contribution in [2.45, 2.75) is 20.1 Å². The molecule has 3 aromatic rings. The Morgan fingerprint density at radius 2 is 1.96 bits per heavy atom. The van der Waals surface area contributed by atoms with Crippen LogP contribution in [0.25, 0.3) is 0 Å². The van der Waals surface area contributed by atoms with Crippen LogP contribution in [-0.4, -0.2) is 9.55 Å². The molecular weight excluding hydrogens is 432 g/mol. The third-order valence-electron chi connectivity index (χ3n) is 4.12. The number of halogens is 3. The molecule has 8 heteroatoms. The molecule has 1 heterocycles. The first-order chi connectivity index (χ1) is 13.4. The van der Waals surface area contributed by atoms with Gasteiger partial charge in [0.2, 0.25) is 5.88 Å². The molecule has 0 atom stereocenters. The van der Waals surface area contributed by atoms with E-state index in [0.29, 0.717) is 17.0 Å². The van der Waals surface area contributed by atoms with Crippen LogP contribution in [-0.2, 0) is 13.2 Å². The number of hydrogen-bond acceptors (Lipinski definition) is 4. The van der Waals surface area contributed by atoms with E-state index in [0.717, 1.165) is 12.1 Å². The zero-order valence-corrected chi connectivity index (χ0v) is 16.3. The van der Waals surface area contributed by atoms with Gasteiger partial charge in [0.05, 0.1) is 18.2 Å². The third kappa shape index (κ3) is 4.10. The van der Waals surface area contributed by atoms with Crippen LogP contribution in [0.4, 0.5) is 8.78 Å². The monoisotopic (exact) mass is 445 g/mol. The highest BCUT2D eigenvalue weighted by atomic mass is 79.9. The van der Waals surface area contributed by atoms with Gasteiger partial charge in [0, 0.05) is 11.6 Å². The van der Waals surface area contributed by atoms with E-state index in [1.165, 1.54) is 10.6 Å². The maximum atomic E-state index is 13.7. The topological polar surface area (TPSA) is 67.9 Å². The number of aryl methyl sites for hydroxylation is 1.